The van der Waals surface area contributed by atoms with Gasteiger partial charge in [-0.25, -0.2) is 8.42 Å². The number of hydrogen-bond donors (Lipinski definition) is 1. The van der Waals surface area contributed by atoms with E-state index in [4.69, 9.17) is 4.42 Å². The molecule has 0 unspecified atom stereocenters. The molecule has 4 rings (SSSR count). The highest BCUT2D eigenvalue weighted by Crippen LogP contribution is 2.24. The van der Waals surface area contributed by atoms with Gasteiger partial charge in [-0.1, -0.05) is 30.3 Å². The van der Waals surface area contributed by atoms with E-state index in [1.807, 2.05) is 37.3 Å². The number of fused-ring (bicyclic) bond motifs is 1. The third kappa shape index (κ3) is 4.42. The molecule has 1 saturated heterocycles. The molecule has 1 aromatic heterocycles. The summed E-state index contributed by atoms with van der Waals surface area (Å²) < 4.78 is 32.5. The van der Waals surface area contributed by atoms with Crippen LogP contribution >= 0.6 is 0 Å². The Balaban J connectivity index is 1.32. The monoisotopic (exact) mass is 426 g/mol. The van der Waals surface area contributed by atoms with E-state index < -0.39 is 10.0 Å². The zero-order valence-corrected chi connectivity index (χ0v) is 17.8. The predicted molar refractivity (Wildman–Crippen MR) is 116 cm³/mol. The molecule has 1 atom stereocenters. The minimum atomic E-state index is -3.40. The van der Waals surface area contributed by atoms with Crippen LogP contribution in [0.5, 0.6) is 0 Å². The molecule has 2 aromatic carbocycles. The molecule has 1 N–H and O–H groups in total. The molecule has 0 bridgehead atoms. The van der Waals surface area contributed by atoms with Gasteiger partial charge in [-0.2, -0.15) is 4.31 Å². The summed E-state index contributed by atoms with van der Waals surface area (Å²) >= 11 is 0. The fourth-order valence-electron chi connectivity index (χ4n) is 3.76. The predicted octanol–water partition coefficient (Wildman–Crippen LogP) is 4.03. The van der Waals surface area contributed by atoms with E-state index in [0.29, 0.717) is 30.8 Å². The van der Waals surface area contributed by atoms with E-state index in [2.05, 4.69) is 5.32 Å². The smallest absolute Gasteiger partial charge is 0.243 e. The number of nitrogens with zero attached hydrogens (tertiary/aromatic N) is 1. The van der Waals surface area contributed by atoms with E-state index in [1.54, 1.807) is 24.3 Å². The average molecular weight is 427 g/mol. The zero-order valence-electron chi connectivity index (χ0n) is 17.0. The van der Waals surface area contributed by atoms with Gasteiger partial charge < -0.3 is 9.73 Å². The van der Waals surface area contributed by atoms with Crippen molar-refractivity contribution in [2.45, 2.75) is 43.5 Å². The molecule has 0 spiro atoms. The van der Waals surface area contributed by atoms with Gasteiger partial charge in [0.1, 0.15) is 11.3 Å². The molecule has 0 saturated carbocycles. The van der Waals surface area contributed by atoms with Gasteiger partial charge in [0, 0.05) is 24.9 Å². The molecule has 1 amide bonds. The highest BCUT2D eigenvalue weighted by molar-refractivity contribution is 7.89. The number of furan rings is 1. The Hall–Kier alpha value is -2.64. The van der Waals surface area contributed by atoms with Gasteiger partial charge in [-0.05, 0) is 56.0 Å². The van der Waals surface area contributed by atoms with Crippen LogP contribution in [0.25, 0.3) is 11.0 Å². The number of benzene rings is 2. The van der Waals surface area contributed by atoms with E-state index in [1.165, 1.54) is 4.31 Å². The van der Waals surface area contributed by atoms with E-state index in [9.17, 15) is 13.2 Å². The molecule has 2 heterocycles. The van der Waals surface area contributed by atoms with Crippen molar-refractivity contribution in [3.63, 3.8) is 0 Å². The fraction of sp³-hybridized carbons (Fsp3) is 0.348. The van der Waals surface area contributed by atoms with E-state index >= 15 is 0 Å². The van der Waals surface area contributed by atoms with Crippen molar-refractivity contribution in [1.82, 2.24) is 9.62 Å². The summed E-state index contributed by atoms with van der Waals surface area (Å²) in [6, 6.07) is 16.3. The number of sulfonamides is 1. The molecule has 0 radical (unpaired) electrons. The van der Waals surface area contributed by atoms with Crippen LogP contribution in [0.3, 0.4) is 0 Å². The van der Waals surface area contributed by atoms with Crippen LogP contribution in [0.1, 0.15) is 43.6 Å². The van der Waals surface area contributed by atoms with Gasteiger partial charge in [0.15, 0.2) is 0 Å². The first-order chi connectivity index (χ1) is 14.4. The Morgan fingerprint density at radius 2 is 1.80 bits per heavy atom. The summed E-state index contributed by atoms with van der Waals surface area (Å²) in [6.07, 6.45) is 2.70. The molecule has 1 aliphatic rings. The highest BCUT2D eigenvalue weighted by atomic mass is 32.2. The van der Waals surface area contributed by atoms with Gasteiger partial charge in [-0.3, -0.25) is 4.79 Å². The summed E-state index contributed by atoms with van der Waals surface area (Å²) in [6.45, 7) is 3.08. The zero-order chi connectivity index (χ0) is 21.1. The summed E-state index contributed by atoms with van der Waals surface area (Å²) in [7, 11) is -3.40. The summed E-state index contributed by atoms with van der Waals surface area (Å²) in [4.78, 5) is 12.7. The van der Waals surface area contributed by atoms with Gasteiger partial charge >= 0.3 is 0 Å². The van der Waals surface area contributed by atoms with Crippen molar-refractivity contribution >= 4 is 26.9 Å². The van der Waals surface area contributed by atoms with Crippen LogP contribution in [-0.2, 0) is 21.2 Å². The highest BCUT2D eigenvalue weighted by Gasteiger charge is 2.26. The van der Waals surface area contributed by atoms with Crippen molar-refractivity contribution < 1.29 is 17.6 Å². The van der Waals surface area contributed by atoms with Gasteiger partial charge in [0.2, 0.25) is 15.9 Å². The fourth-order valence-corrected chi connectivity index (χ4v) is 5.28. The molecule has 158 valence electrons. The number of nitrogens with one attached hydrogen (secondary N) is 1. The lowest BCUT2D eigenvalue weighted by Gasteiger charge is -2.15. The van der Waals surface area contributed by atoms with Crippen LogP contribution in [-0.4, -0.2) is 31.7 Å². The van der Waals surface area contributed by atoms with Crippen LogP contribution in [0, 0.1) is 0 Å². The molecule has 1 aliphatic heterocycles. The molecule has 1 fully saturated rings. The largest absolute Gasteiger partial charge is 0.459 e. The number of carbonyl (C=O) groups excluding carboxylic acids is 1. The maximum atomic E-state index is 12.6. The standard InChI is InChI=1S/C23H26N2O4S/c1-17(22-16-19-6-2-3-7-21(19)29-22)24-23(26)13-10-18-8-11-20(12-9-18)30(27,28)25-14-4-5-15-25/h2-3,6-9,11-12,16-17H,4-5,10,13-15H2,1H3,(H,24,26)/t17-/m1/s1. The maximum Gasteiger partial charge on any atom is 0.243 e. The Labute approximate surface area is 176 Å². The summed E-state index contributed by atoms with van der Waals surface area (Å²) in [5.74, 6) is 0.651. The second-order valence-electron chi connectivity index (χ2n) is 7.73. The first-order valence-corrected chi connectivity index (χ1v) is 11.7. The number of amides is 1. The third-order valence-corrected chi connectivity index (χ3v) is 7.43. The van der Waals surface area contributed by atoms with E-state index in [-0.39, 0.29) is 11.9 Å². The molecule has 0 aliphatic carbocycles. The van der Waals surface area contributed by atoms with Gasteiger partial charge in [0.25, 0.3) is 0 Å². The number of rotatable bonds is 7. The Bertz CT molecular complexity index is 1100. The number of hydrogen-bond acceptors (Lipinski definition) is 4. The SMILES string of the molecule is C[C@@H](NC(=O)CCc1ccc(S(=O)(=O)N2CCCC2)cc1)c1cc2ccccc2o1. The lowest BCUT2D eigenvalue weighted by Crippen LogP contribution is -2.27. The van der Waals surface area contributed by atoms with Crippen LogP contribution < -0.4 is 5.32 Å². The Morgan fingerprint density at radius 3 is 2.50 bits per heavy atom. The van der Waals surface area contributed by atoms with E-state index in [0.717, 1.165) is 35.1 Å². The Morgan fingerprint density at radius 1 is 1.10 bits per heavy atom. The summed E-state index contributed by atoms with van der Waals surface area (Å²) in [5.41, 5.74) is 1.74. The third-order valence-electron chi connectivity index (χ3n) is 5.52. The van der Waals surface area contributed by atoms with Crippen molar-refractivity contribution in [1.29, 1.82) is 0 Å². The first kappa shape index (κ1) is 20.6. The van der Waals surface area contributed by atoms with Crippen LogP contribution in [0.4, 0.5) is 0 Å². The quantitative estimate of drug-likeness (QED) is 0.619. The van der Waals surface area contributed by atoms with Crippen LogP contribution in [0.15, 0.2) is 63.9 Å². The molecule has 3 aromatic rings. The second kappa shape index (κ2) is 8.62. The number of aryl methyl sites for hydroxylation is 1. The second-order valence-corrected chi connectivity index (χ2v) is 9.67. The van der Waals surface area contributed by atoms with Crippen LogP contribution in [0.2, 0.25) is 0 Å². The first-order valence-electron chi connectivity index (χ1n) is 10.3. The van der Waals surface area contributed by atoms with Crippen molar-refractivity contribution in [2.24, 2.45) is 0 Å². The minimum absolute atomic E-state index is 0.0725. The average Bonchev–Trinajstić information content (AvgIpc) is 3.43. The Kier molecular flexibility index (Phi) is 5.92. The lowest BCUT2D eigenvalue weighted by atomic mass is 10.1. The van der Waals surface area contributed by atoms with Gasteiger partial charge in [-0.15, -0.1) is 0 Å². The molecule has 6 nitrogen and oxygen atoms in total. The molecular formula is C23H26N2O4S. The van der Waals surface area contributed by atoms with Crippen molar-refractivity contribution in [2.75, 3.05) is 13.1 Å². The molecule has 7 heteroatoms. The maximum absolute atomic E-state index is 12.6. The van der Waals surface area contributed by atoms with Crippen molar-refractivity contribution in [3.05, 3.63) is 65.9 Å². The van der Waals surface area contributed by atoms with Crippen molar-refractivity contribution in [3.8, 4) is 0 Å². The minimum Gasteiger partial charge on any atom is -0.459 e. The number of carbonyl (C=O) groups is 1. The molecular weight excluding hydrogens is 400 g/mol. The summed E-state index contributed by atoms with van der Waals surface area (Å²) in [5, 5.41) is 3.98. The lowest BCUT2D eigenvalue weighted by molar-refractivity contribution is -0.121. The topological polar surface area (TPSA) is 79.6 Å². The molecule has 30 heavy (non-hydrogen) atoms. The van der Waals surface area contributed by atoms with Gasteiger partial charge in [0.05, 0.1) is 10.9 Å². The normalized spacial score (nSPS) is 16.0. The number of para-hydroxylation sites is 1.